The predicted octanol–water partition coefficient (Wildman–Crippen LogP) is 0.338. The molecule has 10 heteroatoms. The van der Waals surface area contributed by atoms with Crippen molar-refractivity contribution in [3.8, 4) is 5.69 Å². The fourth-order valence-electron chi connectivity index (χ4n) is 2.69. The lowest BCUT2D eigenvalue weighted by Gasteiger charge is -2.29. The summed E-state index contributed by atoms with van der Waals surface area (Å²) in [5.74, 6) is -3.94. The van der Waals surface area contributed by atoms with Crippen LogP contribution >= 0.6 is 0 Å². The second kappa shape index (κ2) is 6.93. The lowest BCUT2D eigenvalue weighted by molar-refractivity contribution is -0.143. The highest BCUT2D eigenvalue weighted by Crippen LogP contribution is 2.15. The number of nitrogens with one attached hydrogen (secondary N) is 2. The molecule has 1 aromatic carbocycles. The molecule has 0 bridgehead atoms. The minimum Gasteiger partial charge on any atom is -0.481 e. The minimum absolute atomic E-state index is 0.0572. The summed E-state index contributed by atoms with van der Waals surface area (Å²) < 4.78 is 27.7. The van der Waals surface area contributed by atoms with Crippen molar-refractivity contribution < 1.29 is 23.5 Å². The average molecular weight is 351 g/mol. The largest absolute Gasteiger partial charge is 0.481 e. The number of carbonyl (C=O) groups is 2. The number of hydrogen-bond donors (Lipinski definition) is 3. The van der Waals surface area contributed by atoms with Crippen LogP contribution in [0.3, 0.4) is 0 Å². The molecule has 0 unspecified atom stereocenters. The number of nitrogens with zero attached hydrogens (tertiary/aromatic N) is 3. The van der Waals surface area contributed by atoms with Crippen LogP contribution in [0.2, 0.25) is 0 Å². The molecule has 1 aliphatic rings. The molecular formula is C15H15F2N5O3. The van der Waals surface area contributed by atoms with Gasteiger partial charge in [0.25, 0.3) is 5.91 Å². The summed E-state index contributed by atoms with van der Waals surface area (Å²) >= 11 is 0. The second-order valence-corrected chi connectivity index (χ2v) is 5.66. The van der Waals surface area contributed by atoms with E-state index in [0.717, 1.165) is 10.7 Å². The number of carboxylic acids is 1. The first-order chi connectivity index (χ1) is 12.0. The van der Waals surface area contributed by atoms with E-state index in [1.807, 2.05) is 0 Å². The van der Waals surface area contributed by atoms with Crippen LogP contribution in [-0.4, -0.2) is 51.1 Å². The molecule has 132 valence electrons. The molecule has 1 aromatic heterocycles. The van der Waals surface area contributed by atoms with E-state index in [1.165, 1.54) is 12.3 Å². The summed E-state index contributed by atoms with van der Waals surface area (Å²) in [7, 11) is 0. The Morgan fingerprint density at radius 1 is 1.36 bits per heavy atom. The maximum absolute atomic E-state index is 13.8. The number of benzene rings is 1. The Labute approximate surface area is 140 Å². The number of halogens is 2. The van der Waals surface area contributed by atoms with Gasteiger partial charge in [-0.1, -0.05) is 5.21 Å². The first-order valence-corrected chi connectivity index (χ1v) is 7.58. The number of rotatable bonds is 4. The number of piperidine rings is 1. The molecule has 1 fully saturated rings. The van der Waals surface area contributed by atoms with Gasteiger partial charge in [0.1, 0.15) is 11.5 Å². The van der Waals surface area contributed by atoms with E-state index < -0.39 is 35.5 Å². The highest BCUT2D eigenvalue weighted by Gasteiger charge is 2.32. The van der Waals surface area contributed by atoms with Crippen molar-refractivity contribution in [2.24, 2.45) is 5.92 Å². The van der Waals surface area contributed by atoms with E-state index >= 15 is 0 Å². The molecule has 2 aromatic rings. The molecule has 0 radical (unpaired) electrons. The summed E-state index contributed by atoms with van der Waals surface area (Å²) in [5, 5.41) is 22.1. The summed E-state index contributed by atoms with van der Waals surface area (Å²) in [4.78, 5) is 23.5. The molecule has 2 atom stereocenters. The van der Waals surface area contributed by atoms with Gasteiger partial charge in [0.05, 0.1) is 12.1 Å². The highest BCUT2D eigenvalue weighted by molar-refractivity contribution is 5.92. The van der Waals surface area contributed by atoms with Gasteiger partial charge >= 0.3 is 5.97 Å². The summed E-state index contributed by atoms with van der Waals surface area (Å²) in [6.45, 7) is 0.843. The van der Waals surface area contributed by atoms with Crippen molar-refractivity contribution in [3.63, 3.8) is 0 Å². The standard InChI is InChI=1S/C15H15F2N5O3/c16-8-1-2-13(10(17)5-8)22-7-12(20-21-22)14(23)19-11-3-4-18-6-9(11)15(24)25/h1-2,5,7,9,11,18H,3-4,6H2,(H,19,23)(H,24,25)/t9-,11-/m0/s1. The quantitative estimate of drug-likeness (QED) is 0.733. The van der Waals surface area contributed by atoms with E-state index in [1.54, 1.807) is 0 Å². The van der Waals surface area contributed by atoms with Gasteiger partial charge in [0, 0.05) is 18.7 Å². The first kappa shape index (κ1) is 17.0. The zero-order valence-electron chi connectivity index (χ0n) is 12.9. The molecule has 1 amide bonds. The Kier molecular flexibility index (Phi) is 4.70. The molecule has 3 N–H and O–H groups in total. The lowest BCUT2D eigenvalue weighted by Crippen LogP contribution is -2.52. The fourth-order valence-corrected chi connectivity index (χ4v) is 2.69. The van der Waals surface area contributed by atoms with Crippen molar-refractivity contribution in [2.45, 2.75) is 12.5 Å². The number of carbonyl (C=O) groups excluding carboxylic acids is 1. The van der Waals surface area contributed by atoms with Crippen LogP contribution in [0.25, 0.3) is 5.69 Å². The first-order valence-electron chi connectivity index (χ1n) is 7.58. The van der Waals surface area contributed by atoms with Crippen LogP contribution < -0.4 is 10.6 Å². The SMILES string of the molecule is O=C(N[C@H]1CCNC[C@@H]1C(=O)O)c1cn(-c2ccc(F)cc2F)nn1. The second-order valence-electron chi connectivity index (χ2n) is 5.66. The van der Waals surface area contributed by atoms with Gasteiger partial charge in [-0.25, -0.2) is 13.5 Å². The Morgan fingerprint density at radius 3 is 2.88 bits per heavy atom. The summed E-state index contributed by atoms with van der Waals surface area (Å²) in [6.07, 6.45) is 1.66. The van der Waals surface area contributed by atoms with Gasteiger partial charge in [-0.3, -0.25) is 9.59 Å². The number of amides is 1. The van der Waals surface area contributed by atoms with Crippen molar-refractivity contribution in [1.29, 1.82) is 0 Å². The van der Waals surface area contributed by atoms with Gasteiger partial charge < -0.3 is 15.7 Å². The van der Waals surface area contributed by atoms with E-state index in [0.29, 0.717) is 19.0 Å². The van der Waals surface area contributed by atoms with Crippen molar-refractivity contribution in [2.75, 3.05) is 13.1 Å². The Morgan fingerprint density at radius 2 is 2.16 bits per heavy atom. The van der Waals surface area contributed by atoms with Crippen molar-refractivity contribution in [3.05, 3.63) is 41.7 Å². The van der Waals surface area contributed by atoms with Crippen LogP contribution in [0.15, 0.2) is 24.4 Å². The highest BCUT2D eigenvalue weighted by atomic mass is 19.1. The minimum atomic E-state index is -1.01. The molecule has 0 aliphatic carbocycles. The summed E-state index contributed by atoms with van der Waals surface area (Å²) in [6, 6.07) is 2.39. The van der Waals surface area contributed by atoms with Gasteiger partial charge in [0.2, 0.25) is 0 Å². The van der Waals surface area contributed by atoms with E-state index in [-0.39, 0.29) is 17.9 Å². The van der Waals surface area contributed by atoms with E-state index in [4.69, 9.17) is 0 Å². The Hall–Kier alpha value is -2.88. The topological polar surface area (TPSA) is 109 Å². The molecule has 1 saturated heterocycles. The third kappa shape index (κ3) is 3.63. The summed E-state index contributed by atoms with van der Waals surface area (Å²) in [5.41, 5.74) is -0.148. The van der Waals surface area contributed by atoms with Crippen LogP contribution in [0, 0.1) is 17.6 Å². The van der Waals surface area contributed by atoms with Crippen LogP contribution in [0.1, 0.15) is 16.9 Å². The van der Waals surface area contributed by atoms with Gasteiger partial charge in [-0.05, 0) is 25.1 Å². The van der Waals surface area contributed by atoms with Gasteiger partial charge in [-0.2, -0.15) is 0 Å². The third-order valence-electron chi connectivity index (χ3n) is 4.00. The monoisotopic (exact) mass is 351 g/mol. The zero-order chi connectivity index (χ0) is 18.0. The van der Waals surface area contributed by atoms with Crippen LogP contribution in [0.5, 0.6) is 0 Å². The lowest BCUT2D eigenvalue weighted by atomic mass is 9.93. The van der Waals surface area contributed by atoms with Crippen LogP contribution in [0.4, 0.5) is 8.78 Å². The number of carboxylic acid groups (broad SMARTS) is 1. The molecule has 3 rings (SSSR count). The Balaban J connectivity index is 1.75. The number of aliphatic carboxylic acids is 1. The van der Waals surface area contributed by atoms with Gasteiger partial charge in [0.15, 0.2) is 11.5 Å². The molecular weight excluding hydrogens is 336 g/mol. The maximum atomic E-state index is 13.8. The third-order valence-corrected chi connectivity index (χ3v) is 4.00. The normalized spacial score (nSPS) is 20.2. The van der Waals surface area contributed by atoms with E-state index in [9.17, 15) is 23.5 Å². The number of aromatic nitrogens is 3. The average Bonchev–Trinajstić information content (AvgIpc) is 3.05. The van der Waals surface area contributed by atoms with Crippen LogP contribution in [-0.2, 0) is 4.79 Å². The van der Waals surface area contributed by atoms with Crippen molar-refractivity contribution in [1.82, 2.24) is 25.6 Å². The zero-order valence-corrected chi connectivity index (χ0v) is 12.9. The fraction of sp³-hybridized carbons (Fsp3) is 0.333. The van der Waals surface area contributed by atoms with E-state index in [2.05, 4.69) is 20.9 Å². The molecule has 2 heterocycles. The smallest absolute Gasteiger partial charge is 0.309 e. The predicted molar refractivity (Wildman–Crippen MR) is 81.1 cm³/mol. The van der Waals surface area contributed by atoms with Crippen molar-refractivity contribution >= 4 is 11.9 Å². The number of hydrogen-bond acceptors (Lipinski definition) is 5. The van der Waals surface area contributed by atoms with Gasteiger partial charge in [-0.15, -0.1) is 5.10 Å². The molecule has 0 saturated carbocycles. The molecule has 1 aliphatic heterocycles. The molecule has 25 heavy (non-hydrogen) atoms. The Bertz CT molecular complexity index is 810. The molecule has 0 spiro atoms. The maximum Gasteiger partial charge on any atom is 0.309 e. The molecule has 8 nitrogen and oxygen atoms in total.